The van der Waals surface area contributed by atoms with Gasteiger partial charge in [0.1, 0.15) is 11.3 Å². The molecule has 0 atom stereocenters. The van der Waals surface area contributed by atoms with Gasteiger partial charge in [0.05, 0.1) is 5.52 Å². The van der Waals surface area contributed by atoms with Gasteiger partial charge in [-0.15, -0.1) is 0 Å². The second-order valence-electron chi connectivity index (χ2n) is 5.66. The molecule has 0 aliphatic carbocycles. The van der Waals surface area contributed by atoms with Crippen LogP contribution in [0, 0.1) is 3.57 Å². The summed E-state index contributed by atoms with van der Waals surface area (Å²) in [5.74, 6) is -0.893. The Hall–Kier alpha value is -2.35. The quantitative estimate of drug-likeness (QED) is 0.594. The number of halogens is 1. The highest BCUT2D eigenvalue weighted by molar-refractivity contribution is 14.1. The Kier molecular flexibility index (Phi) is 5.08. The van der Waals surface area contributed by atoms with E-state index < -0.39 is 11.5 Å². The molecule has 128 valence electrons. The van der Waals surface area contributed by atoms with Crippen LogP contribution in [0.4, 0.5) is 5.69 Å². The summed E-state index contributed by atoms with van der Waals surface area (Å²) in [6, 6.07) is 14.3. The number of anilines is 1. The fourth-order valence-corrected chi connectivity index (χ4v) is 3.13. The summed E-state index contributed by atoms with van der Waals surface area (Å²) in [5.41, 5.74) is 0.476. The molecule has 0 saturated heterocycles. The summed E-state index contributed by atoms with van der Waals surface area (Å²) in [6.45, 7) is 2.43. The number of hydrogen-bond donors (Lipinski definition) is 2. The molecule has 1 amide bonds. The lowest BCUT2D eigenvalue weighted by molar-refractivity contribution is 0.102. The molecule has 0 bridgehead atoms. The van der Waals surface area contributed by atoms with Crippen LogP contribution in [0.5, 0.6) is 5.75 Å². The van der Waals surface area contributed by atoms with Gasteiger partial charge in [-0.05, 0) is 65.4 Å². The second-order valence-corrected chi connectivity index (χ2v) is 6.90. The highest BCUT2D eigenvalue weighted by atomic mass is 127. The molecule has 25 heavy (non-hydrogen) atoms. The van der Waals surface area contributed by atoms with Crippen LogP contribution in [0.15, 0.2) is 53.3 Å². The van der Waals surface area contributed by atoms with Crippen molar-refractivity contribution in [1.82, 2.24) is 4.57 Å². The maximum Gasteiger partial charge on any atom is 0.267 e. The standard InChI is InChI=1S/C19H17IN2O3/c1-2-11-22-15-6-4-3-5-14(15)17(23)16(19(22)25)18(24)21-13-9-7-12(20)8-10-13/h3-10,23H,2,11H2,1H3,(H,21,24). The van der Waals surface area contributed by atoms with Gasteiger partial charge in [0.2, 0.25) is 0 Å². The molecule has 0 unspecified atom stereocenters. The van der Waals surface area contributed by atoms with Crippen molar-refractivity contribution < 1.29 is 9.90 Å². The number of hydrogen-bond acceptors (Lipinski definition) is 3. The summed E-state index contributed by atoms with van der Waals surface area (Å²) < 4.78 is 2.58. The van der Waals surface area contributed by atoms with Crippen molar-refractivity contribution in [3.05, 3.63) is 68.0 Å². The molecule has 0 radical (unpaired) electrons. The maximum atomic E-state index is 12.8. The van der Waals surface area contributed by atoms with Gasteiger partial charge < -0.3 is 15.0 Å². The zero-order valence-corrected chi connectivity index (χ0v) is 15.8. The van der Waals surface area contributed by atoms with Gasteiger partial charge in [0.25, 0.3) is 11.5 Å². The average Bonchev–Trinajstić information content (AvgIpc) is 2.61. The first-order valence-corrected chi connectivity index (χ1v) is 9.02. The number of carbonyl (C=O) groups is 1. The zero-order chi connectivity index (χ0) is 18.0. The van der Waals surface area contributed by atoms with Crippen molar-refractivity contribution in [3.8, 4) is 5.75 Å². The maximum absolute atomic E-state index is 12.8. The normalized spacial score (nSPS) is 10.8. The molecule has 5 nitrogen and oxygen atoms in total. The molecule has 1 heterocycles. The number of benzene rings is 2. The Labute approximate surface area is 158 Å². The Morgan fingerprint density at radius 3 is 2.52 bits per heavy atom. The third kappa shape index (κ3) is 3.39. The second kappa shape index (κ2) is 7.26. The number of aromatic nitrogens is 1. The number of aromatic hydroxyl groups is 1. The smallest absolute Gasteiger partial charge is 0.267 e. The minimum absolute atomic E-state index is 0.231. The SMILES string of the molecule is CCCn1c(=O)c(C(=O)Nc2ccc(I)cc2)c(O)c2ccccc21. The van der Waals surface area contributed by atoms with Crippen LogP contribution in [0.1, 0.15) is 23.7 Å². The first-order valence-electron chi connectivity index (χ1n) is 7.94. The zero-order valence-electron chi connectivity index (χ0n) is 13.6. The van der Waals surface area contributed by atoms with Crippen LogP contribution in [-0.2, 0) is 6.54 Å². The van der Waals surface area contributed by atoms with E-state index in [1.165, 1.54) is 4.57 Å². The van der Waals surface area contributed by atoms with Crippen LogP contribution in [0.25, 0.3) is 10.9 Å². The number of fused-ring (bicyclic) bond motifs is 1. The lowest BCUT2D eigenvalue weighted by atomic mass is 10.1. The van der Waals surface area contributed by atoms with Gasteiger partial charge >= 0.3 is 0 Å². The molecule has 0 saturated carbocycles. The van der Waals surface area contributed by atoms with Crippen molar-refractivity contribution >= 4 is 45.1 Å². The van der Waals surface area contributed by atoms with Gasteiger partial charge in [0, 0.05) is 21.2 Å². The van der Waals surface area contributed by atoms with Crippen LogP contribution in [0.2, 0.25) is 0 Å². The molecule has 3 aromatic rings. The summed E-state index contributed by atoms with van der Waals surface area (Å²) in [5, 5.41) is 13.7. The number of pyridine rings is 1. The van der Waals surface area contributed by atoms with Crippen molar-refractivity contribution in [2.75, 3.05) is 5.32 Å². The summed E-state index contributed by atoms with van der Waals surface area (Å²) in [4.78, 5) is 25.5. The number of carbonyl (C=O) groups excluding carboxylic acids is 1. The molecular weight excluding hydrogens is 431 g/mol. The fourth-order valence-electron chi connectivity index (χ4n) is 2.77. The highest BCUT2D eigenvalue weighted by Gasteiger charge is 2.22. The van der Waals surface area contributed by atoms with Crippen molar-refractivity contribution in [3.63, 3.8) is 0 Å². The van der Waals surface area contributed by atoms with E-state index in [9.17, 15) is 14.7 Å². The Balaban J connectivity index is 2.13. The van der Waals surface area contributed by atoms with E-state index in [-0.39, 0.29) is 11.3 Å². The van der Waals surface area contributed by atoms with Gasteiger partial charge in [-0.2, -0.15) is 0 Å². The topological polar surface area (TPSA) is 71.3 Å². The summed E-state index contributed by atoms with van der Waals surface area (Å²) in [7, 11) is 0. The minimum Gasteiger partial charge on any atom is -0.506 e. The average molecular weight is 448 g/mol. The molecule has 0 fully saturated rings. The largest absolute Gasteiger partial charge is 0.506 e. The number of para-hydroxylation sites is 1. The van der Waals surface area contributed by atoms with E-state index in [1.807, 2.05) is 19.1 Å². The van der Waals surface area contributed by atoms with E-state index in [0.29, 0.717) is 23.1 Å². The first kappa shape index (κ1) is 17.5. The van der Waals surface area contributed by atoms with E-state index in [0.717, 1.165) is 9.99 Å². The number of nitrogens with one attached hydrogen (secondary N) is 1. The first-order chi connectivity index (χ1) is 12.0. The molecule has 2 N–H and O–H groups in total. The highest BCUT2D eigenvalue weighted by Crippen LogP contribution is 2.27. The van der Waals surface area contributed by atoms with Crippen molar-refractivity contribution in [2.45, 2.75) is 19.9 Å². The number of aryl methyl sites for hydroxylation is 1. The lowest BCUT2D eigenvalue weighted by Gasteiger charge is -2.14. The summed E-state index contributed by atoms with van der Waals surface area (Å²) in [6.07, 6.45) is 0.743. The number of rotatable bonds is 4. The molecule has 1 aromatic heterocycles. The predicted molar refractivity (Wildman–Crippen MR) is 107 cm³/mol. The predicted octanol–water partition coefficient (Wildman–Crippen LogP) is 3.97. The molecule has 0 aliphatic rings. The third-order valence-corrected chi connectivity index (χ3v) is 4.64. The van der Waals surface area contributed by atoms with Gasteiger partial charge in [-0.1, -0.05) is 19.1 Å². The van der Waals surface area contributed by atoms with Crippen LogP contribution in [-0.4, -0.2) is 15.6 Å². The fraction of sp³-hybridized carbons (Fsp3) is 0.158. The van der Waals surface area contributed by atoms with E-state index in [1.54, 1.807) is 36.4 Å². The monoisotopic (exact) mass is 448 g/mol. The minimum atomic E-state index is -0.612. The van der Waals surface area contributed by atoms with E-state index in [2.05, 4.69) is 27.9 Å². The molecule has 0 spiro atoms. The number of nitrogens with zero attached hydrogens (tertiary/aromatic N) is 1. The van der Waals surface area contributed by atoms with Gasteiger partial charge in [-0.3, -0.25) is 9.59 Å². The molecule has 3 rings (SSSR count). The van der Waals surface area contributed by atoms with Crippen LogP contribution < -0.4 is 10.9 Å². The third-order valence-electron chi connectivity index (χ3n) is 3.92. The van der Waals surface area contributed by atoms with Crippen molar-refractivity contribution in [1.29, 1.82) is 0 Å². The Bertz CT molecular complexity index is 994. The Morgan fingerprint density at radius 1 is 1.16 bits per heavy atom. The molecule has 0 aliphatic heterocycles. The van der Waals surface area contributed by atoms with E-state index >= 15 is 0 Å². The van der Waals surface area contributed by atoms with Crippen LogP contribution in [0.3, 0.4) is 0 Å². The van der Waals surface area contributed by atoms with E-state index in [4.69, 9.17) is 0 Å². The van der Waals surface area contributed by atoms with Crippen LogP contribution >= 0.6 is 22.6 Å². The molecule has 2 aromatic carbocycles. The Morgan fingerprint density at radius 2 is 1.84 bits per heavy atom. The molecule has 6 heteroatoms. The molecular formula is C19H17IN2O3. The van der Waals surface area contributed by atoms with Crippen molar-refractivity contribution in [2.24, 2.45) is 0 Å². The lowest BCUT2D eigenvalue weighted by Crippen LogP contribution is -2.29. The number of amides is 1. The van der Waals surface area contributed by atoms with Gasteiger partial charge in [0.15, 0.2) is 0 Å². The summed E-state index contributed by atoms with van der Waals surface area (Å²) >= 11 is 2.17. The van der Waals surface area contributed by atoms with Gasteiger partial charge in [-0.25, -0.2) is 0 Å².